The zero-order valence-electron chi connectivity index (χ0n) is 10.2. The zero-order valence-corrected chi connectivity index (χ0v) is 10.2. The molecule has 6 nitrogen and oxygen atoms in total. The third-order valence-corrected chi connectivity index (χ3v) is 2.47. The molecule has 2 rings (SSSR count). The highest BCUT2D eigenvalue weighted by molar-refractivity contribution is 5.93. The van der Waals surface area contributed by atoms with Crippen molar-refractivity contribution in [2.75, 3.05) is 5.73 Å². The van der Waals surface area contributed by atoms with Crippen molar-refractivity contribution in [1.82, 2.24) is 9.78 Å². The largest absolute Gasteiger partial charge is 0.437 e. The third-order valence-electron chi connectivity index (χ3n) is 2.47. The van der Waals surface area contributed by atoms with Crippen molar-refractivity contribution < 1.29 is 9.53 Å². The third kappa shape index (κ3) is 2.27. The first-order valence-electron chi connectivity index (χ1n) is 5.35. The summed E-state index contributed by atoms with van der Waals surface area (Å²) in [5.41, 5.74) is 12.6. The fourth-order valence-electron chi connectivity index (χ4n) is 1.57. The number of nitrogens with zero attached hydrogens (tertiary/aromatic N) is 2. The molecule has 94 valence electrons. The minimum absolute atomic E-state index is 0.345. The second-order valence-corrected chi connectivity index (χ2v) is 3.97. The number of carbonyl (C=O) groups is 1. The number of nitrogens with two attached hydrogens (primary N) is 2. The minimum Gasteiger partial charge on any atom is -0.437 e. The first-order chi connectivity index (χ1) is 8.47. The van der Waals surface area contributed by atoms with Crippen LogP contribution in [0.15, 0.2) is 24.3 Å². The van der Waals surface area contributed by atoms with Crippen LogP contribution in [-0.2, 0) is 7.05 Å². The van der Waals surface area contributed by atoms with Gasteiger partial charge in [-0.05, 0) is 25.1 Å². The second kappa shape index (κ2) is 4.40. The number of hydrogen-bond acceptors (Lipinski definition) is 4. The Hall–Kier alpha value is -2.50. The number of rotatable bonds is 3. The number of aromatic nitrogens is 2. The van der Waals surface area contributed by atoms with Crippen LogP contribution in [0.2, 0.25) is 0 Å². The van der Waals surface area contributed by atoms with Crippen LogP contribution in [0.3, 0.4) is 0 Å². The van der Waals surface area contributed by atoms with Crippen LogP contribution in [0.1, 0.15) is 16.1 Å². The van der Waals surface area contributed by atoms with Crippen LogP contribution in [-0.4, -0.2) is 15.7 Å². The summed E-state index contributed by atoms with van der Waals surface area (Å²) >= 11 is 0. The van der Waals surface area contributed by atoms with E-state index in [1.54, 1.807) is 29.9 Å². The number of benzene rings is 1. The van der Waals surface area contributed by atoms with Gasteiger partial charge in [-0.1, -0.05) is 0 Å². The van der Waals surface area contributed by atoms with Crippen LogP contribution in [0.25, 0.3) is 0 Å². The normalized spacial score (nSPS) is 10.3. The molecule has 0 aliphatic rings. The van der Waals surface area contributed by atoms with Crippen molar-refractivity contribution >= 4 is 11.6 Å². The number of amides is 1. The Morgan fingerprint density at radius 2 is 2.11 bits per heavy atom. The number of aryl methyl sites for hydroxylation is 2. The SMILES string of the molecule is Cc1cc(Oc2cc(C(N)=O)ccc2N)n(C)n1. The van der Waals surface area contributed by atoms with E-state index in [1.165, 1.54) is 6.07 Å². The first kappa shape index (κ1) is 12.0. The predicted molar refractivity (Wildman–Crippen MR) is 67.4 cm³/mol. The van der Waals surface area contributed by atoms with Crippen molar-refractivity contribution in [3.8, 4) is 11.6 Å². The van der Waals surface area contributed by atoms with Crippen LogP contribution >= 0.6 is 0 Å². The molecule has 18 heavy (non-hydrogen) atoms. The Balaban J connectivity index is 2.36. The summed E-state index contributed by atoms with van der Waals surface area (Å²) in [5, 5.41) is 4.15. The second-order valence-electron chi connectivity index (χ2n) is 3.97. The van der Waals surface area contributed by atoms with Crippen molar-refractivity contribution in [3.63, 3.8) is 0 Å². The Labute approximate surface area is 104 Å². The number of hydrogen-bond donors (Lipinski definition) is 2. The molecule has 0 saturated carbocycles. The molecule has 0 radical (unpaired) electrons. The van der Waals surface area contributed by atoms with E-state index in [-0.39, 0.29) is 0 Å². The van der Waals surface area contributed by atoms with Crippen molar-refractivity contribution in [1.29, 1.82) is 0 Å². The monoisotopic (exact) mass is 246 g/mol. The van der Waals surface area contributed by atoms with Gasteiger partial charge < -0.3 is 16.2 Å². The Morgan fingerprint density at radius 1 is 1.39 bits per heavy atom. The molecule has 1 heterocycles. The topological polar surface area (TPSA) is 96.2 Å². The molecular weight excluding hydrogens is 232 g/mol. The maximum Gasteiger partial charge on any atom is 0.248 e. The Morgan fingerprint density at radius 3 is 2.67 bits per heavy atom. The summed E-state index contributed by atoms with van der Waals surface area (Å²) in [4.78, 5) is 11.1. The Bertz CT molecular complexity index is 604. The summed E-state index contributed by atoms with van der Waals surface area (Å²) in [6.45, 7) is 1.86. The maximum atomic E-state index is 11.1. The highest BCUT2D eigenvalue weighted by atomic mass is 16.5. The van der Waals surface area contributed by atoms with E-state index in [1.807, 2.05) is 6.92 Å². The molecule has 6 heteroatoms. The molecule has 0 fully saturated rings. The summed E-state index contributed by atoms with van der Waals surface area (Å²) in [5.74, 6) is 0.399. The van der Waals surface area contributed by atoms with E-state index in [2.05, 4.69) is 5.10 Å². The van der Waals surface area contributed by atoms with E-state index in [9.17, 15) is 4.79 Å². The molecule has 2 aromatic rings. The summed E-state index contributed by atoms with van der Waals surface area (Å²) in [7, 11) is 1.76. The summed E-state index contributed by atoms with van der Waals surface area (Å²) in [6, 6.07) is 6.42. The van der Waals surface area contributed by atoms with Gasteiger partial charge in [0.15, 0.2) is 5.75 Å². The van der Waals surface area contributed by atoms with E-state index < -0.39 is 5.91 Å². The number of nitrogen functional groups attached to an aromatic ring is 1. The lowest BCUT2D eigenvalue weighted by molar-refractivity contribution is 0.1000. The quantitative estimate of drug-likeness (QED) is 0.795. The fourth-order valence-corrected chi connectivity index (χ4v) is 1.57. The van der Waals surface area contributed by atoms with Gasteiger partial charge in [0.05, 0.1) is 11.4 Å². The lowest BCUT2D eigenvalue weighted by Gasteiger charge is -2.09. The molecule has 1 aromatic heterocycles. The van der Waals surface area contributed by atoms with Gasteiger partial charge in [-0.25, -0.2) is 4.68 Å². The van der Waals surface area contributed by atoms with Gasteiger partial charge in [-0.15, -0.1) is 0 Å². The molecule has 0 saturated heterocycles. The highest BCUT2D eigenvalue weighted by Gasteiger charge is 2.10. The van der Waals surface area contributed by atoms with E-state index in [0.717, 1.165) is 5.69 Å². The number of ether oxygens (including phenoxy) is 1. The van der Waals surface area contributed by atoms with Crippen LogP contribution in [0, 0.1) is 6.92 Å². The summed E-state index contributed by atoms with van der Waals surface area (Å²) < 4.78 is 7.21. The van der Waals surface area contributed by atoms with Crippen molar-refractivity contribution in [3.05, 3.63) is 35.5 Å². The molecule has 0 aliphatic carbocycles. The molecule has 0 unspecified atom stereocenters. The first-order valence-corrected chi connectivity index (χ1v) is 5.35. The molecule has 1 aromatic carbocycles. The van der Waals surface area contributed by atoms with Gasteiger partial charge in [0, 0.05) is 18.7 Å². The standard InChI is InChI=1S/C12H14N4O2/c1-7-5-11(16(2)15-7)18-10-6-8(12(14)17)3-4-9(10)13/h3-6H,13H2,1-2H3,(H2,14,17). The lowest BCUT2D eigenvalue weighted by atomic mass is 10.2. The van der Waals surface area contributed by atoms with Crippen LogP contribution in [0.5, 0.6) is 11.6 Å². The molecule has 0 aliphatic heterocycles. The van der Waals surface area contributed by atoms with Crippen LogP contribution < -0.4 is 16.2 Å². The number of anilines is 1. The van der Waals surface area contributed by atoms with Crippen molar-refractivity contribution in [2.45, 2.75) is 6.92 Å². The molecular formula is C12H14N4O2. The number of carbonyl (C=O) groups excluding carboxylic acids is 1. The van der Waals surface area contributed by atoms with Crippen molar-refractivity contribution in [2.24, 2.45) is 12.8 Å². The minimum atomic E-state index is -0.527. The van der Waals surface area contributed by atoms with Crippen LogP contribution in [0.4, 0.5) is 5.69 Å². The number of primary amides is 1. The van der Waals surface area contributed by atoms with Gasteiger partial charge in [0.25, 0.3) is 0 Å². The highest BCUT2D eigenvalue weighted by Crippen LogP contribution is 2.28. The molecule has 4 N–H and O–H groups in total. The molecule has 0 spiro atoms. The Kier molecular flexibility index (Phi) is 2.93. The van der Waals surface area contributed by atoms with E-state index in [0.29, 0.717) is 22.9 Å². The average Bonchev–Trinajstić information content (AvgIpc) is 2.60. The van der Waals surface area contributed by atoms with Gasteiger partial charge in [-0.3, -0.25) is 4.79 Å². The van der Waals surface area contributed by atoms with Gasteiger partial charge in [-0.2, -0.15) is 5.10 Å². The lowest BCUT2D eigenvalue weighted by Crippen LogP contribution is -2.11. The maximum absolute atomic E-state index is 11.1. The molecule has 1 amide bonds. The smallest absolute Gasteiger partial charge is 0.248 e. The van der Waals surface area contributed by atoms with Gasteiger partial charge in [0.1, 0.15) is 0 Å². The molecule has 0 bridgehead atoms. The van der Waals surface area contributed by atoms with Gasteiger partial charge >= 0.3 is 0 Å². The van der Waals surface area contributed by atoms with Gasteiger partial charge in [0.2, 0.25) is 11.8 Å². The average molecular weight is 246 g/mol. The summed E-state index contributed by atoms with van der Waals surface area (Å²) in [6.07, 6.45) is 0. The van der Waals surface area contributed by atoms with E-state index >= 15 is 0 Å². The predicted octanol–water partition coefficient (Wildman–Crippen LogP) is 1.20. The zero-order chi connectivity index (χ0) is 13.3. The molecule has 0 atom stereocenters. The fraction of sp³-hybridized carbons (Fsp3) is 0.167. The van der Waals surface area contributed by atoms with E-state index in [4.69, 9.17) is 16.2 Å².